The molecule has 1 heterocycles. The molecule has 1 saturated heterocycles. The van der Waals surface area contributed by atoms with Crippen molar-refractivity contribution in [3.8, 4) is 0 Å². The van der Waals surface area contributed by atoms with Gasteiger partial charge < -0.3 is 19.7 Å². The first-order chi connectivity index (χ1) is 9.58. The highest BCUT2D eigenvalue weighted by Gasteiger charge is 2.28. The van der Waals surface area contributed by atoms with Crippen molar-refractivity contribution in [3.05, 3.63) is 0 Å². The van der Waals surface area contributed by atoms with Crippen molar-refractivity contribution in [3.63, 3.8) is 0 Å². The Morgan fingerprint density at radius 1 is 1.30 bits per heavy atom. The lowest BCUT2D eigenvalue weighted by Gasteiger charge is -2.37. The lowest BCUT2D eigenvalue weighted by Crippen LogP contribution is -2.50. The average molecular weight is 286 g/mol. The maximum atomic E-state index is 11.4. The third kappa shape index (κ3) is 5.77. The monoisotopic (exact) mass is 286 g/mol. The summed E-state index contributed by atoms with van der Waals surface area (Å²) in [5, 5.41) is 2.86. The topological polar surface area (TPSA) is 67.9 Å². The molecular formula is C14H26N2O4. The summed E-state index contributed by atoms with van der Waals surface area (Å²) in [5.41, 5.74) is 0. The van der Waals surface area contributed by atoms with E-state index in [2.05, 4.69) is 21.9 Å². The average Bonchev–Trinajstić information content (AvgIpc) is 2.45. The number of likely N-dealkylation sites (N-methyl/N-ethyl adjacent to an activating group) is 1. The molecule has 0 saturated carbocycles. The fourth-order valence-electron chi connectivity index (χ4n) is 2.66. The first-order valence-electron chi connectivity index (χ1n) is 7.31. The summed E-state index contributed by atoms with van der Waals surface area (Å²) in [6.07, 6.45) is 1.73. The van der Waals surface area contributed by atoms with Gasteiger partial charge >= 0.3 is 12.1 Å². The third-order valence-electron chi connectivity index (χ3n) is 3.63. The summed E-state index contributed by atoms with van der Waals surface area (Å²) < 4.78 is 9.60. The molecule has 1 rings (SSSR count). The van der Waals surface area contributed by atoms with Gasteiger partial charge in [0.05, 0.1) is 13.7 Å². The highest BCUT2D eigenvalue weighted by molar-refractivity contribution is 5.69. The SMILES string of the molecule is CCOC(=O)CCC1CC(NC(=O)OC)CN(CC)C1. The van der Waals surface area contributed by atoms with Crippen molar-refractivity contribution in [2.24, 2.45) is 5.92 Å². The predicted molar refractivity (Wildman–Crippen MR) is 75.4 cm³/mol. The minimum absolute atomic E-state index is 0.0864. The Labute approximate surface area is 120 Å². The maximum absolute atomic E-state index is 11.4. The molecule has 1 N–H and O–H groups in total. The molecule has 1 amide bonds. The van der Waals surface area contributed by atoms with E-state index in [1.807, 2.05) is 6.92 Å². The van der Waals surface area contributed by atoms with Crippen LogP contribution < -0.4 is 5.32 Å². The van der Waals surface area contributed by atoms with Gasteiger partial charge in [-0.15, -0.1) is 0 Å². The van der Waals surface area contributed by atoms with E-state index in [9.17, 15) is 9.59 Å². The Bertz CT molecular complexity index is 322. The van der Waals surface area contributed by atoms with E-state index in [4.69, 9.17) is 4.74 Å². The van der Waals surface area contributed by atoms with E-state index in [0.29, 0.717) is 18.9 Å². The number of nitrogens with zero attached hydrogens (tertiary/aromatic N) is 1. The molecule has 6 nitrogen and oxygen atoms in total. The zero-order chi connectivity index (χ0) is 15.0. The number of nitrogens with one attached hydrogen (secondary N) is 1. The second kappa shape index (κ2) is 8.79. The number of amides is 1. The second-order valence-electron chi connectivity index (χ2n) is 5.13. The molecule has 0 spiro atoms. The number of hydrogen-bond donors (Lipinski definition) is 1. The van der Waals surface area contributed by atoms with Gasteiger partial charge in [-0.05, 0) is 32.2 Å². The predicted octanol–water partition coefficient (Wildman–Crippen LogP) is 1.40. The van der Waals surface area contributed by atoms with E-state index in [1.54, 1.807) is 0 Å². The van der Waals surface area contributed by atoms with E-state index in [0.717, 1.165) is 32.5 Å². The van der Waals surface area contributed by atoms with Crippen LogP contribution in [0.2, 0.25) is 0 Å². The first kappa shape index (κ1) is 16.8. The van der Waals surface area contributed by atoms with Crippen LogP contribution in [0.4, 0.5) is 4.79 Å². The summed E-state index contributed by atoms with van der Waals surface area (Å²) >= 11 is 0. The van der Waals surface area contributed by atoms with Gasteiger partial charge in [-0.2, -0.15) is 0 Å². The largest absolute Gasteiger partial charge is 0.466 e. The first-order valence-corrected chi connectivity index (χ1v) is 7.31. The lowest BCUT2D eigenvalue weighted by atomic mass is 9.90. The maximum Gasteiger partial charge on any atom is 0.407 e. The Balaban J connectivity index is 2.44. The molecular weight excluding hydrogens is 260 g/mol. The number of carbonyl (C=O) groups is 2. The Kier molecular flexibility index (Phi) is 7.36. The molecule has 6 heteroatoms. The molecule has 0 aliphatic carbocycles. The van der Waals surface area contributed by atoms with Gasteiger partial charge in [0.15, 0.2) is 0 Å². The normalized spacial score (nSPS) is 23.1. The summed E-state index contributed by atoms with van der Waals surface area (Å²) in [6, 6.07) is 0.0864. The van der Waals surface area contributed by atoms with Crippen molar-refractivity contribution in [2.75, 3.05) is 33.4 Å². The van der Waals surface area contributed by atoms with Crippen LogP contribution in [0.5, 0.6) is 0 Å². The zero-order valence-corrected chi connectivity index (χ0v) is 12.7. The van der Waals surface area contributed by atoms with Crippen LogP contribution in [0.25, 0.3) is 0 Å². The molecule has 1 aliphatic rings. The third-order valence-corrected chi connectivity index (χ3v) is 3.63. The van der Waals surface area contributed by atoms with Gasteiger partial charge in [-0.25, -0.2) is 4.79 Å². The molecule has 1 fully saturated rings. The van der Waals surface area contributed by atoms with Crippen LogP contribution in [0.15, 0.2) is 0 Å². The van der Waals surface area contributed by atoms with Crippen LogP contribution in [-0.4, -0.2) is 56.4 Å². The molecule has 0 aromatic heterocycles. The van der Waals surface area contributed by atoms with Crippen LogP contribution in [0, 0.1) is 5.92 Å². The van der Waals surface area contributed by atoms with E-state index >= 15 is 0 Å². The number of likely N-dealkylation sites (tertiary alicyclic amines) is 1. The number of esters is 1. The molecule has 2 atom stereocenters. The van der Waals surface area contributed by atoms with Crippen molar-refractivity contribution >= 4 is 12.1 Å². The quantitative estimate of drug-likeness (QED) is 0.747. The second-order valence-corrected chi connectivity index (χ2v) is 5.13. The van der Waals surface area contributed by atoms with Gasteiger partial charge in [-0.1, -0.05) is 6.92 Å². The number of ether oxygens (including phenoxy) is 2. The van der Waals surface area contributed by atoms with Gasteiger partial charge in [0.1, 0.15) is 0 Å². The minimum atomic E-state index is -0.392. The van der Waals surface area contributed by atoms with E-state index in [1.165, 1.54) is 7.11 Å². The van der Waals surface area contributed by atoms with Gasteiger partial charge in [0.2, 0.25) is 0 Å². The zero-order valence-electron chi connectivity index (χ0n) is 12.7. The molecule has 0 aromatic carbocycles. The fraction of sp³-hybridized carbons (Fsp3) is 0.857. The Hall–Kier alpha value is -1.30. The van der Waals surface area contributed by atoms with Crippen LogP contribution in [-0.2, 0) is 14.3 Å². The van der Waals surface area contributed by atoms with E-state index < -0.39 is 6.09 Å². The molecule has 2 unspecified atom stereocenters. The molecule has 1 aliphatic heterocycles. The Morgan fingerprint density at radius 3 is 2.65 bits per heavy atom. The highest BCUT2D eigenvalue weighted by Crippen LogP contribution is 2.21. The number of hydrogen-bond acceptors (Lipinski definition) is 5. The van der Waals surface area contributed by atoms with Crippen molar-refractivity contribution in [2.45, 2.75) is 39.2 Å². The van der Waals surface area contributed by atoms with Crippen LogP contribution in [0.1, 0.15) is 33.1 Å². The van der Waals surface area contributed by atoms with Crippen LogP contribution in [0.3, 0.4) is 0 Å². The highest BCUT2D eigenvalue weighted by atomic mass is 16.5. The number of carbonyl (C=O) groups excluding carboxylic acids is 2. The number of methoxy groups -OCH3 is 1. The molecule has 0 bridgehead atoms. The smallest absolute Gasteiger partial charge is 0.407 e. The summed E-state index contributed by atoms with van der Waals surface area (Å²) in [6.45, 7) is 7.08. The summed E-state index contributed by atoms with van der Waals surface area (Å²) in [4.78, 5) is 25.0. The lowest BCUT2D eigenvalue weighted by molar-refractivity contribution is -0.143. The number of piperidine rings is 1. The number of alkyl carbamates (subject to hydrolysis) is 1. The van der Waals surface area contributed by atoms with E-state index in [-0.39, 0.29) is 12.0 Å². The molecule has 20 heavy (non-hydrogen) atoms. The standard InChI is InChI=1S/C14H26N2O4/c1-4-16-9-11(6-7-13(17)20-5-2)8-12(10-16)15-14(18)19-3/h11-12H,4-10H2,1-3H3,(H,15,18). The van der Waals surface area contributed by atoms with Crippen LogP contribution >= 0.6 is 0 Å². The molecule has 0 radical (unpaired) electrons. The summed E-state index contributed by atoms with van der Waals surface area (Å²) in [5.74, 6) is 0.258. The van der Waals surface area contributed by atoms with Crippen molar-refractivity contribution < 1.29 is 19.1 Å². The van der Waals surface area contributed by atoms with Gasteiger partial charge in [0.25, 0.3) is 0 Å². The fourth-order valence-corrected chi connectivity index (χ4v) is 2.66. The number of rotatable bonds is 6. The van der Waals surface area contributed by atoms with Crippen molar-refractivity contribution in [1.29, 1.82) is 0 Å². The molecule has 116 valence electrons. The minimum Gasteiger partial charge on any atom is -0.466 e. The molecule has 0 aromatic rings. The van der Waals surface area contributed by atoms with Gasteiger partial charge in [0, 0.05) is 25.6 Å². The van der Waals surface area contributed by atoms with Crippen molar-refractivity contribution in [1.82, 2.24) is 10.2 Å². The van der Waals surface area contributed by atoms with Gasteiger partial charge in [-0.3, -0.25) is 4.79 Å². The Morgan fingerprint density at radius 2 is 2.05 bits per heavy atom. The summed E-state index contributed by atoms with van der Waals surface area (Å²) in [7, 11) is 1.37.